The lowest BCUT2D eigenvalue weighted by molar-refractivity contribution is -0.159. The van der Waals surface area contributed by atoms with Gasteiger partial charge in [-0.25, -0.2) is 4.79 Å². The van der Waals surface area contributed by atoms with E-state index in [-0.39, 0.29) is 6.10 Å². The van der Waals surface area contributed by atoms with Crippen LogP contribution in [-0.4, -0.2) is 31.0 Å². The molecule has 6 nitrogen and oxygen atoms in total. The molecular weight excluding hydrogens is 223 g/mol. The van der Waals surface area contributed by atoms with E-state index in [1.54, 1.807) is 13.8 Å². The van der Waals surface area contributed by atoms with Crippen LogP contribution in [0.5, 0.6) is 0 Å². The van der Waals surface area contributed by atoms with Crippen molar-refractivity contribution < 1.29 is 28.2 Å². The molecule has 0 aliphatic heterocycles. The lowest BCUT2D eigenvalue weighted by Crippen LogP contribution is -2.25. The maximum absolute atomic E-state index is 11.5. The zero-order valence-corrected chi connectivity index (χ0v) is 10.1. The van der Waals surface area contributed by atoms with Crippen molar-refractivity contribution in [3.63, 3.8) is 0 Å². The molecular formula is C8H15O6P. The van der Waals surface area contributed by atoms with Gasteiger partial charge in [-0.3, -0.25) is 9.36 Å². The first-order valence-electron chi connectivity index (χ1n) is 4.34. The molecule has 0 fully saturated rings. The quantitative estimate of drug-likeness (QED) is 0.524. The SMILES string of the molecule is COC(=O)C(OC(C)=O)[PH](=O)OC(C)C. The van der Waals surface area contributed by atoms with Crippen molar-refractivity contribution in [3.8, 4) is 0 Å². The minimum atomic E-state index is -2.80. The highest BCUT2D eigenvalue weighted by Crippen LogP contribution is 2.32. The molecule has 0 aromatic heterocycles. The number of rotatable bonds is 5. The summed E-state index contributed by atoms with van der Waals surface area (Å²) in [5, 5.41) is 0. The molecule has 2 unspecified atom stereocenters. The smallest absolute Gasteiger partial charge is 0.357 e. The Bertz CT molecular complexity index is 262. The third-order valence-corrected chi connectivity index (χ3v) is 2.75. The molecule has 2 atom stereocenters. The molecule has 0 bridgehead atoms. The normalized spacial score (nSPS) is 14.5. The summed E-state index contributed by atoms with van der Waals surface area (Å²) in [6.07, 6.45) is -0.320. The van der Waals surface area contributed by atoms with E-state index in [1.165, 1.54) is 0 Å². The van der Waals surface area contributed by atoms with Gasteiger partial charge in [0.05, 0.1) is 13.2 Å². The summed E-state index contributed by atoms with van der Waals surface area (Å²) in [5.74, 6) is -3.05. The van der Waals surface area contributed by atoms with Crippen molar-refractivity contribution in [3.05, 3.63) is 0 Å². The zero-order chi connectivity index (χ0) is 12.0. The number of ether oxygens (including phenoxy) is 2. The summed E-state index contributed by atoms with van der Waals surface area (Å²) in [4.78, 5) is 21.8. The molecule has 0 spiro atoms. The van der Waals surface area contributed by atoms with Crippen molar-refractivity contribution in [2.75, 3.05) is 7.11 Å². The highest BCUT2D eigenvalue weighted by Gasteiger charge is 2.30. The molecule has 0 heterocycles. The lowest BCUT2D eigenvalue weighted by Gasteiger charge is -2.15. The van der Waals surface area contributed by atoms with Gasteiger partial charge in [-0.05, 0) is 13.8 Å². The molecule has 7 heteroatoms. The van der Waals surface area contributed by atoms with Crippen LogP contribution in [0.1, 0.15) is 20.8 Å². The van der Waals surface area contributed by atoms with Crippen LogP contribution in [0.15, 0.2) is 0 Å². The minimum absolute atomic E-state index is 0.320. The Morgan fingerprint density at radius 3 is 2.13 bits per heavy atom. The monoisotopic (exact) mass is 238 g/mol. The standard InChI is InChI=1S/C8H15O6P/c1-5(2)14-15(11)8(7(10)12-4)13-6(3)9/h5,8,15H,1-4H3. The average molecular weight is 238 g/mol. The van der Waals surface area contributed by atoms with Gasteiger partial charge < -0.3 is 14.0 Å². The summed E-state index contributed by atoms with van der Waals surface area (Å²) in [6, 6.07) is 0. The van der Waals surface area contributed by atoms with E-state index in [9.17, 15) is 14.2 Å². The van der Waals surface area contributed by atoms with Gasteiger partial charge in [-0.1, -0.05) is 0 Å². The van der Waals surface area contributed by atoms with E-state index in [0.717, 1.165) is 14.0 Å². The van der Waals surface area contributed by atoms with E-state index in [1.807, 2.05) is 0 Å². The van der Waals surface area contributed by atoms with Crippen molar-refractivity contribution in [1.29, 1.82) is 0 Å². The summed E-state index contributed by atoms with van der Waals surface area (Å²) < 4.78 is 25.3. The molecule has 0 rings (SSSR count). The number of esters is 2. The van der Waals surface area contributed by atoms with E-state index in [0.29, 0.717) is 0 Å². The summed E-state index contributed by atoms with van der Waals surface area (Å²) in [5.41, 5.74) is 0. The Balaban J connectivity index is 4.54. The Labute approximate surface area is 88.7 Å². The Kier molecular flexibility index (Phi) is 6.20. The van der Waals surface area contributed by atoms with Gasteiger partial charge in [-0.2, -0.15) is 0 Å². The van der Waals surface area contributed by atoms with E-state index in [2.05, 4.69) is 9.47 Å². The third-order valence-electron chi connectivity index (χ3n) is 1.27. The van der Waals surface area contributed by atoms with Crippen molar-refractivity contribution >= 4 is 20.0 Å². The van der Waals surface area contributed by atoms with Gasteiger partial charge in [0, 0.05) is 6.92 Å². The predicted octanol–water partition coefficient (Wildman–Crippen LogP) is 0.948. The Morgan fingerprint density at radius 2 is 1.80 bits per heavy atom. The highest BCUT2D eigenvalue weighted by atomic mass is 31.1. The maximum atomic E-state index is 11.5. The van der Waals surface area contributed by atoms with Gasteiger partial charge in [0.15, 0.2) is 0 Å². The summed E-state index contributed by atoms with van der Waals surface area (Å²) in [6.45, 7) is 4.43. The molecule has 88 valence electrons. The Morgan fingerprint density at radius 1 is 1.27 bits per heavy atom. The fourth-order valence-electron chi connectivity index (χ4n) is 0.760. The predicted molar refractivity (Wildman–Crippen MR) is 52.8 cm³/mol. The molecule has 0 N–H and O–H groups in total. The lowest BCUT2D eigenvalue weighted by atomic mass is 10.5. The highest BCUT2D eigenvalue weighted by molar-refractivity contribution is 7.41. The van der Waals surface area contributed by atoms with Gasteiger partial charge in [-0.15, -0.1) is 0 Å². The topological polar surface area (TPSA) is 78.9 Å². The fraction of sp³-hybridized carbons (Fsp3) is 0.750. The van der Waals surface area contributed by atoms with Crippen LogP contribution in [0.3, 0.4) is 0 Å². The summed E-state index contributed by atoms with van der Waals surface area (Å²) >= 11 is 0. The molecule has 0 aromatic rings. The second-order valence-corrected chi connectivity index (χ2v) is 4.40. The number of carbonyl (C=O) groups excluding carboxylic acids is 2. The number of hydrogen-bond donors (Lipinski definition) is 0. The van der Waals surface area contributed by atoms with Gasteiger partial charge >= 0.3 is 11.9 Å². The van der Waals surface area contributed by atoms with Gasteiger partial charge in [0.2, 0.25) is 8.03 Å². The number of carbonyl (C=O) groups is 2. The van der Waals surface area contributed by atoms with Crippen LogP contribution in [0, 0.1) is 0 Å². The van der Waals surface area contributed by atoms with E-state index >= 15 is 0 Å². The average Bonchev–Trinajstić information content (AvgIpc) is 2.11. The first-order chi connectivity index (χ1) is 6.88. The summed E-state index contributed by atoms with van der Waals surface area (Å²) in [7, 11) is -1.69. The molecule has 0 saturated carbocycles. The molecule has 0 aromatic carbocycles. The second-order valence-electron chi connectivity index (χ2n) is 3.00. The molecule has 0 saturated heterocycles. The molecule has 15 heavy (non-hydrogen) atoms. The van der Waals surface area contributed by atoms with Crippen LogP contribution in [0.2, 0.25) is 0 Å². The van der Waals surface area contributed by atoms with Crippen LogP contribution < -0.4 is 0 Å². The van der Waals surface area contributed by atoms with Crippen molar-refractivity contribution in [1.82, 2.24) is 0 Å². The van der Waals surface area contributed by atoms with E-state index < -0.39 is 25.8 Å². The van der Waals surface area contributed by atoms with Gasteiger partial charge in [0.1, 0.15) is 0 Å². The fourth-order valence-corrected chi connectivity index (χ4v) is 1.92. The first-order valence-corrected chi connectivity index (χ1v) is 5.73. The second kappa shape index (κ2) is 6.58. The zero-order valence-electron chi connectivity index (χ0n) is 9.10. The minimum Gasteiger partial charge on any atom is -0.466 e. The number of hydrogen-bond acceptors (Lipinski definition) is 6. The third kappa shape index (κ3) is 5.54. The molecule has 0 aliphatic rings. The largest absolute Gasteiger partial charge is 0.466 e. The Hall–Kier alpha value is -0.870. The van der Waals surface area contributed by atoms with Crippen LogP contribution in [-0.2, 0) is 28.2 Å². The van der Waals surface area contributed by atoms with Crippen molar-refractivity contribution in [2.24, 2.45) is 0 Å². The van der Waals surface area contributed by atoms with Crippen LogP contribution in [0.4, 0.5) is 0 Å². The number of methoxy groups -OCH3 is 1. The molecule has 0 aliphatic carbocycles. The maximum Gasteiger partial charge on any atom is 0.357 e. The first kappa shape index (κ1) is 14.1. The van der Waals surface area contributed by atoms with Crippen molar-refractivity contribution in [2.45, 2.75) is 32.7 Å². The van der Waals surface area contributed by atoms with Crippen LogP contribution >= 0.6 is 8.03 Å². The van der Waals surface area contributed by atoms with E-state index in [4.69, 9.17) is 4.52 Å². The molecule has 0 radical (unpaired) electrons. The van der Waals surface area contributed by atoms with Gasteiger partial charge in [0.25, 0.3) is 5.85 Å². The molecule has 0 amide bonds. The van der Waals surface area contributed by atoms with Crippen LogP contribution in [0.25, 0.3) is 0 Å².